The molecule has 106 valence electrons. The Morgan fingerprint density at radius 3 is 2.58 bits per heavy atom. The van der Waals surface area contributed by atoms with Gasteiger partial charge in [0.15, 0.2) is 0 Å². The molecule has 0 heterocycles. The van der Waals surface area contributed by atoms with Crippen molar-refractivity contribution in [2.24, 2.45) is 5.73 Å². The van der Waals surface area contributed by atoms with Gasteiger partial charge >= 0.3 is 0 Å². The van der Waals surface area contributed by atoms with E-state index in [-0.39, 0.29) is 11.9 Å². The van der Waals surface area contributed by atoms with Gasteiger partial charge in [-0.2, -0.15) is 0 Å². The summed E-state index contributed by atoms with van der Waals surface area (Å²) in [5.41, 5.74) is 6.83. The lowest BCUT2D eigenvalue weighted by Crippen LogP contribution is -2.41. The Morgan fingerprint density at radius 1 is 1.26 bits per heavy atom. The lowest BCUT2D eigenvalue weighted by atomic mass is 9.93. The number of nitrogens with zero attached hydrogens (tertiary/aromatic N) is 1. The number of nitrogens with two attached hydrogens (primary N) is 1. The van der Waals surface area contributed by atoms with Gasteiger partial charge in [-0.15, -0.1) is 0 Å². The monoisotopic (exact) mass is 264 g/mol. The Bertz CT molecular complexity index is 388. The van der Waals surface area contributed by atoms with Gasteiger partial charge in [0.05, 0.1) is 0 Å². The Balaban J connectivity index is 1.99. The summed E-state index contributed by atoms with van der Waals surface area (Å²) >= 11 is 0. The molecule has 0 aliphatic heterocycles. The van der Waals surface area contributed by atoms with E-state index in [1.54, 1.807) is 12.1 Å². The van der Waals surface area contributed by atoms with Crippen molar-refractivity contribution in [1.82, 2.24) is 4.90 Å². The summed E-state index contributed by atoms with van der Waals surface area (Å²) in [5.74, 6) is -0.185. The molecule has 2 nitrogen and oxygen atoms in total. The van der Waals surface area contributed by atoms with Crippen molar-refractivity contribution >= 4 is 0 Å². The molecule has 1 atom stereocenters. The first-order valence-corrected chi connectivity index (χ1v) is 7.46. The number of likely N-dealkylation sites (N-methyl/N-ethyl adjacent to an activating group) is 1. The molecule has 19 heavy (non-hydrogen) atoms. The van der Waals surface area contributed by atoms with Crippen LogP contribution < -0.4 is 5.73 Å². The van der Waals surface area contributed by atoms with E-state index >= 15 is 0 Å². The predicted molar refractivity (Wildman–Crippen MR) is 77.4 cm³/mol. The van der Waals surface area contributed by atoms with Gasteiger partial charge < -0.3 is 5.73 Å². The van der Waals surface area contributed by atoms with Crippen LogP contribution in [0.3, 0.4) is 0 Å². The zero-order chi connectivity index (χ0) is 13.7. The SMILES string of the molecule is CCN(CC(N)c1ccccc1F)C1CCCCC1. The zero-order valence-electron chi connectivity index (χ0n) is 11.8. The van der Waals surface area contributed by atoms with Gasteiger partial charge in [0, 0.05) is 24.2 Å². The quantitative estimate of drug-likeness (QED) is 0.882. The van der Waals surface area contributed by atoms with E-state index in [2.05, 4.69) is 11.8 Å². The van der Waals surface area contributed by atoms with Crippen molar-refractivity contribution in [2.75, 3.05) is 13.1 Å². The molecule has 0 radical (unpaired) electrons. The van der Waals surface area contributed by atoms with Gasteiger partial charge in [0.1, 0.15) is 5.82 Å². The highest BCUT2D eigenvalue weighted by Gasteiger charge is 2.22. The van der Waals surface area contributed by atoms with Gasteiger partial charge in [-0.25, -0.2) is 4.39 Å². The van der Waals surface area contributed by atoms with E-state index in [1.165, 1.54) is 38.2 Å². The smallest absolute Gasteiger partial charge is 0.128 e. The zero-order valence-corrected chi connectivity index (χ0v) is 11.8. The third kappa shape index (κ3) is 3.77. The summed E-state index contributed by atoms with van der Waals surface area (Å²) in [7, 11) is 0. The van der Waals surface area contributed by atoms with E-state index in [0.717, 1.165) is 13.1 Å². The minimum absolute atomic E-state index is 0.185. The first-order valence-electron chi connectivity index (χ1n) is 7.46. The third-order valence-corrected chi connectivity index (χ3v) is 4.23. The molecule has 1 saturated carbocycles. The molecule has 3 heteroatoms. The van der Waals surface area contributed by atoms with Gasteiger partial charge in [0.2, 0.25) is 0 Å². The van der Waals surface area contributed by atoms with Crippen LogP contribution in [-0.4, -0.2) is 24.0 Å². The maximum Gasteiger partial charge on any atom is 0.128 e. The average Bonchev–Trinajstić information content (AvgIpc) is 2.46. The minimum Gasteiger partial charge on any atom is -0.323 e. The third-order valence-electron chi connectivity index (χ3n) is 4.23. The molecule has 1 aliphatic carbocycles. The molecule has 1 aromatic rings. The van der Waals surface area contributed by atoms with Crippen LogP contribution in [0.4, 0.5) is 4.39 Å². The Labute approximate surface area is 115 Å². The number of halogens is 1. The molecule has 1 aliphatic rings. The number of benzene rings is 1. The van der Waals surface area contributed by atoms with E-state index < -0.39 is 0 Å². The highest BCUT2D eigenvalue weighted by atomic mass is 19.1. The molecule has 0 bridgehead atoms. The van der Waals surface area contributed by atoms with Crippen molar-refractivity contribution in [1.29, 1.82) is 0 Å². The lowest BCUT2D eigenvalue weighted by molar-refractivity contribution is 0.154. The number of hydrogen-bond acceptors (Lipinski definition) is 2. The highest BCUT2D eigenvalue weighted by molar-refractivity contribution is 5.21. The van der Waals surface area contributed by atoms with Crippen LogP contribution in [0.2, 0.25) is 0 Å². The van der Waals surface area contributed by atoms with Crippen molar-refractivity contribution in [2.45, 2.75) is 51.1 Å². The van der Waals surface area contributed by atoms with Crippen molar-refractivity contribution in [3.05, 3.63) is 35.6 Å². The fourth-order valence-corrected chi connectivity index (χ4v) is 3.11. The number of rotatable bonds is 5. The summed E-state index contributed by atoms with van der Waals surface area (Å²) in [4.78, 5) is 2.43. The van der Waals surface area contributed by atoms with Crippen molar-refractivity contribution < 1.29 is 4.39 Å². The fourth-order valence-electron chi connectivity index (χ4n) is 3.11. The maximum absolute atomic E-state index is 13.7. The normalized spacial score (nSPS) is 18.7. The van der Waals surface area contributed by atoms with Gasteiger partial charge in [-0.05, 0) is 25.5 Å². The molecule has 2 N–H and O–H groups in total. The Kier molecular flexibility index (Phi) is 5.34. The summed E-state index contributed by atoms with van der Waals surface area (Å²) in [6.07, 6.45) is 6.51. The van der Waals surface area contributed by atoms with Crippen LogP contribution in [-0.2, 0) is 0 Å². The average molecular weight is 264 g/mol. The second-order valence-corrected chi connectivity index (χ2v) is 5.51. The molecule has 0 amide bonds. The standard InChI is InChI=1S/C16H25FN2/c1-2-19(13-8-4-3-5-9-13)12-16(18)14-10-6-7-11-15(14)17/h6-7,10-11,13,16H,2-5,8-9,12,18H2,1H3. The summed E-state index contributed by atoms with van der Waals surface area (Å²) < 4.78 is 13.7. The molecular weight excluding hydrogens is 239 g/mol. The molecule has 2 rings (SSSR count). The van der Waals surface area contributed by atoms with Crippen LogP contribution in [0.5, 0.6) is 0 Å². The van der Waals surface area contributed by atoms with Crippen molar-refractivity contribution in [3.63, 3.8) is 0 Å². The first kappa shape index (κ1) is 14.5. The molecule has 1 fully saturated rings. The lowest BCUT2D eigenvalue weighted by Gasteiger charge is -2.35. The summed E-state index contributed by atoms with van der Waals surface area (Å²) in [6, 6.07) is 7.26. The van der Waals surface area contributed by atoms with Crippen molar-refractivity contribution in [3.8, 4) is 0 Å². The minimum atomic E-state index is -0.233. The second kappa shape index (κ2) is 7.01. The van der Waals surface area contributed by atoms with Crippen LogP contribution in [0.1, 0.15) is 50.6 Å². The predicted octanol–water partition coefficient (Wildman–Crippen LogP) is 3.48. The van der Waals surface area contributed by atoms with Gasteiger partial charge in [-0.1, -0.05) is 44.4 Å². The summed E-state index contributed by atoms with van der Waals surface area (Å²) in [5, 5.41) is 0. The molecule has 0 spiro atoms. The molecule has 1 aromatic carbocycles. The van der Waals surface area contributed by atoms with E-state index in [0.29, 0.717) is 11.6 Å². The fraction of sp³-hybridized carbons (Fsp3) is 0.625. The Morgan fingerprint density at radius 2 is 1.95 bits per heavy atom. The number of hydrogen-bond donors (Lipinski definition) is 1. The molecule has 0 saturated heterocycles. The van der Waals surface area contributed by atoms with E-state index in [9.17, 15) is 4.39 Å². The van der Waals surface area contributed by atoms with Crippen LogP contribution in [0.15, 0.2) is 24.3 Å². The van der Waals surface area contributed by atoms with Crippen LogP contribution in [0.25, 0.3) is 0 Å². The van der Waals surface area contributed by atoms with Crippen LogP contribution in [0, 0.1) is 5.82 Å². The maximum atomic E-state index is 13.7. The first-order chi connectivity index (χ1) is 9.22. The summed E-state index contributed by atoms with van der Waals surface area (Å²) in [6.45, 7) is 3.91. The second-order valence-electron chi connectivity index (χ2n) is 5.51. The van der Waals surface area contributed by atoms with E-state index in [1.807, 2.05) is 6.07 Å². The topological polar surface area (TPSA) is 29.3 Å². The van der Waals surface area contributed by atoms with Gasteiger partial charge in [0.25, 0.3) is 0 Å². The molecule has 0 aromatic heterocycles. The van der Waals surface area contributed by atoms with E-state index in [4.69, 9.17) is 5.73 Å². The largest absolute Gasteiger partial charge is 0.323 e. The molecular formula is C16H25FN2. The highest BCUT2D eigenvalue weighted by Crippen LogP contribution is 2.24. The van der Waals surface area contributed by atoms with Gasteiger partial charge in [-0.3, -0.25) is 4.90 Å². The Hall–Kier alpha value is -0.930. The van der Waals surface area contributed by atoms with Crippen LogP contribution >= 0.6 is 0 Å². The molecule has 1 unspecified atom stereocenters.